The Bertz CT molecular complexity index is 625. The largest absolute Gasteiger partial charge is 0.467 e. The number of hydrogen-bond acceptors (Lipinski definition) is 4. The number of carbonyl (C=O) groups is 2. The lowest BCUT2D eigenvalue weighted by molar-refractivity contribution is -0.141. The number of rotatable bonds is 6. The first-order valence-electron chi connectivity index (χ1n) is 8.90. The van der Waals surface area contributed by atoms with Crippen LogP contribution in [0.4, 0.5) is 11.4 Å². The van der Waals surface area contributed by atoms with Crippen molar-refractivity contribution in [3.05, 3.63) is 23.8 Å². The molecule has 1 N–H and O–H groups in total. The molecule has 1 fully saturated rings. The molecule has 0 spiro atoms. The highest BCUT2D eigenvalue weighted by atomic mass is 16.5. The van der Waals surface area contributed by atoms with Crippen LogP contribution in [-0.2, 0) is 20.7 Å². The number of fused-ring (bicyclic) bond motifs is 1. The highest BCUT2D eigenvalue weighted by molar-refractivity contribution is 5.96. The molecule has 1 aliphatic carbocycles. The van der Waals surface area contributed by atoms with Crippen LogP contribution in [0.5, 0.6) is 0 Å². The van der Waals surface area contributed by atoms with Gasteiger partial charge in [-0.3, -0.25) is 4.79 Å². The van der Waals surface area contributed by atoms with Gasteiger partial charge in [-0.1, -0.05) is 13.3 Å². The van der Waals surface area contributed by atoms with E-state index in [0.717, 1.165) is 24.3 Å². The van der Waals surface area contributed by atoms with Crippen LogP contribution < -0.4 is 10.2 Å². The predicted molar refractivity (Wildman–Crippen MR) is 94.2 cm³/mol. The number of aryl methyl sites for hydroxylation is 1. The van der Waals surface area contributed by atoms with E-state index in [1.54, 1.807) is 0 Å². The average molecular weight is 330 g/mol. The molecule has 1 aliphatic heterocycles. The van der Waals surface area contributed by atoms with Crippen LogP contribution in [0.15, 0.2) is 18.2 Å². The summed E-state index contributed by atoms with van der Waals surface area (Å²) in [4.78, 5) is 26.0. The molecule has 0 aromatic heterocycles. The van der Waals surface area contributed by atoms with Gasteiger partial charge in [-0.25, -0.2) is 4.79 Å². The van der Waals surface area contributed by atoms with Crippen LogP contribution in [0.2, 0.25) is 0 Å². The third-order valence-corrected chi connectivity index (χ3v) is 5.18. The van der Waals surface area contributed by atoms with Crippen LogP contribution in [0.1, 0.15) is 44.6 Å². The van der Waals surface area contributed by atoms with E-state index in [4.69, 9.17) is 4.74 Å². The van der Waals surface area contributed by atoms with Gasteiger partial charge in [-0.2, -0.15) is 0 Å². The minimum absolute atomic E-state index is 0.233. The fraction of sp³-hybridized carbons (Fsp3) is 0.579. The molecule has 1 heterocycles. The number of nitrogens with zero attached hydrogens (tertiary/aromatic N) is 1. The predicted octanol–water partition coefficient (Wildman–Crippen LogP) is 3.13. The molecular weight excluding hydrogens is 304 g/mol. The molecule has 5 nitrogen and oxygen atoms in total. The van der Waals surface area contributed by atoms with Crippen LogP contribution >= 0.6 is 0 Å². The van der Waals surface area contributed by atoms with Gasteiger partial charge in [0.05, 0.1) is 7.11 Å². The van der Waals surface area contributed by atoms with Crippen LogP contribution in [-0.4, -0.2) is 31.6 Å². The molecule has 0 bridgehead atoms. The second kappa shape index (κ2) is 7.24. The quantitative estimate of drug-likeness (QED) is 0.814. The number of carbonyl (C=O) groups excluding carboxylic acids is 2. The van der Waals surface area contributed by atoms with Crippen molar-refractivity contribution < 1.29 is 14.3 Å². The number of amides is 1. The Balaban J connectivity index is 1.77. The molecular formula is C19H26N2O3. The maximum atomic E-state index is 12.3. The van der Waals surface area contributed by atoms with Crippen molar-refractivity contribution in [2.75, 3.05) is 23.9 Å². The van der Waals surface area contributed by atoms with Crippen LogP contribution in [0, 0.1) is 5.92 Å². The Labute approximate surface area is 143 Å². The Morgan fingerprint density at radius 1 is 1.38 bits per heavy atom. The molecule has 3 rings (SSSR count). The van der Waals surface area contributed by atoms with E-state index >= 15 is 0 Å². The maximum Gasteiger partial charge on any atom is 0.328 e. The number of benzene rings is 1. The van der Waals surface area contributed by atoms with Crippen molar-refractivity contribution in [3.8, 4) is 0 Å². The van der Waals surface area contributed by atoms with E-state index in [9.17, 15) is 9.59 Å². The van der Waals surface area contributed by atoms with Crippen molar-refractivity contribution in [2.24, 2.45) is 5.92 Å². The van der Waals surface area contributed by atoms with E-state index < -0.39 is 0 Å². The zero-order valence-corrected chi connectivity index (χ0v) is 14.5. The molecule has 0 saturated heterocycles. The topological polar surface area (TPSA) is 58.6 Å². The van der Waals surface area contributed by atoms with E-state index in [2.05, 4.69) is 11.4 Å². The van der Waals surface area contributed by atoms with Gasteiger partial charge < -0.3 is 15.0 Å². The van der Waals surface area contributed by atoms with Crippen molar-refractivity contribution in [1.82, 2.24) is 0 Å². The standard InChI is InChI=1S/C19H26N2O3/c1-3-16(19(23)24-2)20-15-8-9-17-14(11-15)7-10-18(22)21(17)12-13-5-4-6-13/h8-9,11,13,16,20H,3-7,10,12H2,1-2H3/t16-/m0/s1. The molecule has 1 atom stereocenters. The van der Waals surface area contributed by atoms with Gasteiger partial charge in [0.15, 0.2) is 0 Å². The van der Waals surface area contributed by atoms with Gasteiger partial charge in [-0.15, -0.1) is 0 Å². The average Bonchev–Trinajstić information content (AvgIpc) is 2.56. The van der Waals surface area contributed by atoms with E-state index in [1.165, 1.54) is 31.9 Å². The molecule has 1 saturated carbocycles. The first kappa shape index (κ1) is 16.8. The van der Waals surface area contributed by atoms with Crippen molar-refractivity contribution in [1.29, 1.82) is 0 Å². The molecule has 1 aromatic carbocycles. The first-order chi connectivity index (χ1) is 11.6. The van der Waals surface area contributed by atoms with Gasteiger partial charge in [0, 0.05) is 24.3 Å². The Morgan fingerprint density at radius 2 is 2.17 bits per heavy atom. The SMILES string of the molecule is CC[C@H](Nc1ccc2c(c1)CCC(=O)N2CC1CCC1)C(=O)OC. The molecule has 1 amide bonds. The minimum Gasteiger partial charge on any atom is -0.467 e. The molecule has 0 radical (unpaired) electrons. The summed E-state index contributed by atoms with van der Waals surface area (Å²) in [5, 5.41) is 3.24. The van der Waals surface area contributed by atoms with Gasteiger partial charge in [0.1, 0.15) is 6.04 Å². The lowest BCUT2D eigenvalue weighted by atomic mass is 9.84. The molecule has 0 unspecified atom stereocenters. The Hall–Kier alpha value is -2.04. The van der Waals surface area contributed by atoms with Gasteiger partial charge in [0.25, 0.3) is 0 Å². The van der Waals surface area contributed by atoms with Crippen LogP contribution in [0.25, 0.3) is 0 Å². The lowest BCUT2D eigenvalue weighted by Gasteiger charge is -2.36. The molecule has 1 aromatic rings. The van der Waals surface area contributed by atoms with E-state index in [0.29, 0.717) is 18.8 Å². The Morgan fingerprint density at radius 3 is 2.79 bits per heavy atom. The summed E-state index contributed by atoms with van der Waals surface area (Å²) < 4.78 is 4.83. The second-order valence-electron chi connectivity index (χ2n) is 6.77. The number of anilines is 2. The molecule has 5 heteroatoms. The number of ether oxygens (including phenoxy) is 1. The highest BCUT2D eigenvalue weighted by Gasteiger charge is 2.29. The normalized spacial score (nSPS) is 18.6. The molecule has 2 aliphatic rings. The van der Waals surface area contributed by atoms with Crippen LogP contribution in [0.3, 0.4) is 0 Å². The Kier molecular flexibility index (Phi) is 5.07. The summed E-state index contributed by atoms with van der Waals surface area (Å²) in [5.74, 6) is 0.634. The zero-order valence-electron chi connectivity index (χ0n) is 14.5. The van der Waals surface area contributed by atoms with Gasteiger partial charge in [0.2, 0.25) is 5.91 Å². The second-order valence-corrected chi connectivity index (χ2v) is 6.77. The summed E-state index contributed by atoms with van der Waals surface area (Å²) in [6.07, 6.45) is 5.74. The number of nitrogens with one attached hydrogen (secondary N) is 1. The summed E-state index contributed by atoms with van der Waals surface area (Å²) in [6, 6.07) is 5.69. The number of methoxy groups -OCH3 is 1. The summed E-state index contributed by atoms with van der Waals surface area (Å²) >= 11 is 0. The van der Waals surface area contributed by atoms with Gasteiger partial charge >= 0.3 is 5.97 Å². The summed E-state index contributed by atoms with van der Waals surface area (Å²) in [5.41, 5.74) is 3.12. The molecule has 130 valence electrons. The smallest absolute Gasteiger partial charge is 0.328 e. The minimum atomic E-state index is -0.343. The first-order valence-corrected chi connectivity index (χ1v) is 8.90. The fourth-order valence-corrected chi connectivity index (χ4v) is 3.45. The van der Waals surface area contributed by atoms with E-state index in [1.807, 2.05) is 24.0 Å². The van der Waals surface area contributed by atoms with Crippen molar-refractivity contribution in [2.45, 2.75) is 51.5 Å². The third-order valence-electron chi connectivity index (χ3n) is 5.18. The fourth-order valence-electron chi connectivity index (χ4n) is 3.45. The highest BCUT2D eigenvalue weighted by Crippen LogP contribution is 2.34. The summed E-state index contributed by atoms with van der Waals surface area (Å²) in [6.45, 7) is 2.80. The lowest BCUT2D eigenvalue weighted by Crippen LogP contribution is -2.40. The molecule has 24 heavy (non-hydrogen) atoms. The third kappa shape index (κ3) is 3.40. The van der Waals surface area contributed by atoms with Crippen molar-refractivity contribution >= 4 is 23.3 Å². The van der Waals surface area contributed by atoms with Gasteiger partial charge in [-0.05, 0) is 55.4 Å². The number of hydrogen-bond donors (Lipinski definition) is 1. The summed E-state index contributed by atoms with van der Waals surface area (Å²) in [7, 11) is 1.41. The monoisotopic (exact) mass is 330 g/mol. The van der Waals surface area contributed by atoms with E-state index in [-0.39, 0.29) is 17.9 Å². The number of esters is 1. The van der Waals surface area contributed by atoms with Crippen molar-refractivity contribution in [3.63, 3.8) is 0 Å². The maximum absolute atomic E-state index is 12.3. The zero-order chi connectivity index (χ0) is 17.1.